The van der Waals surface area contributed by atoms with Crippen molar-refractivity contribution < 1.29 is 4.74 Å². The van der Waals surface area contributed by atoms with Crippen LogP contribution in [0.15, 0.2) is 36.7 Å². The van der Waals surface area contributed by atoms with Gasteiger partial charge in [0.1, 0.15) is 17.9 Å². The number of pyridine rings is 1. The molecule has 4 nitrogen and oxygen atoms in total. The average Bonchev–Trinajstić information content (AvgIpc) is 2.46. The van der Waals surface area contributed by atoms with E-state index in [2.05, 4.69) is 17.1 Å². The quantitative estimate of drug-likeness (QED) is 0.801. The third-order valence-corrected chi connectivity index (χ3v) is 2.55. The normalized spacial score (nSPS) is 9.28. The van der Waals surface area contributed by atoms with Crippen LogP contribution in [0, 0.1) is 22.7 Å². The molecule has 0 fully saturated rings. The van der Waals surface area contributed by atoms with E-state index in [1.165, 1.54) is 12.4 Å². The van der Waals surface area contributed by atoms with E-state index >= 15 is 0 Å². The first-order valence-corrected chi connectivity index (χ1v) is 5.22. The highest BCUT2D eigenvalue weighted by Gasteiger charge is 2.11. The maximum absolute atomic E-state index is 9.10. The Morgan fingerprint density at radius 3 is 2.33 bits per heavy atom. The summed E-state index contributed by atoms with van der Waals surface area (Å²) < 4.78 is 5.14. The van der Waals surface area contributed by atoms with Gasteiger partial charge in [-0.15, -0.1) is 0 Å². The zero-order chi connectivity index (χ0) is 13.0. The number of rotatable bonds is 2. The minimum absolute atomic E-state index is 0.377. The molecule has 0 aliphatic carbocycles. The highest BCUT2D eigenvalue weighted by molar-refractivity contribution is 5.76. The van der Waals surface area contributed by atoms with Gasteiger partial charge in [0.15, 0.2) is 0 Å². The predicted molar refractivity (Wildman–Crippen MR) is 65.7 cm³/mol. The number of nitrogens with zero attached hydrogens (tertiary/aromatic N) is 3. The van der Waals surface area contributed by atoms with Gasteiger partial charge in [-0.2, -0.15) is 10.5 Å². The topological polar surface area (TPSA) is 69.7 Å². The number of nitriles is 2. The van der Waals surface area contributed by atoms with E-state index in [4.69, 9.17) is 15.3 Å². The van der Waals surface area contributed by atoms with Crippen molar-refractivity contribution in [3.63, 3.8) is 0 Å². The van der Waals surface area contributed by atoms with Gasteiger partial charge in [-0.1, -0.05) is 12.1 Å². The van der Waals surface area contributed by atoms with Crippen LogP contribution in [0.5, 0.6) is 5.75 Å². The van der Waals surface area contributed by atoms with Crippen molar-refractivity contribution in [3.8, 4) is 29.0 Å². The van der Waals surface area contributed by atoms with Gasteiger partial charge >= 0.3 is 0 Å². The highest BCUT2D eigenvalue weighted by atomic mass is 16.5. The standard InChI is InChI=1S/C14H9N3O/c1-18-13-4-2-3-10(5-13)14-11(6-15)8-17-9-12(14)7-16/h2-5,8-9H,1H3. The number of methoxy groups -OCH3 is 1. The summed E-state index contributed by atoms with van der Waals surface area (Å²) in [4.78, 5) is 3.88. The van der Waals surface area contributed by atoms with Gasteiger partial charge < -0.3 is 4.74 Å². The lowest BCUT2D eigenvalue weighted by atomic mass is 9.98. The number of aromatic nitrogens is 1. The van der Waals surface area contributed by atoms with Gasteiger partial charge in [0.05, 0.1) is 18.2 Å². The summed E-state index contributed by atoms with van der Waals surface area (Å²) in [5.41, 5.74) is 2.11. The molecule has 0 amide bonds. The molecule has 0 bridgehead atoms. The van der Waals surface area contributed by atoms with Gasteiger partial charge in [-0.3, -0.25) is 4.98 Å². The van der Waals surface area contributed by atoms with Crippen LogP contribution in [-0.4, -0.2) is 12.1 Å². The first-order valence-electron chi connectivity index (χ1n) is 5.22. The van der Waals surface area contributed by atoms with E-state index < -0.39 is 0 Å². The molecule has 1 aromatic carbocycles. The Morgan fingerprint density at radius 1 is 1.11 bits per heavy atom. The zero-order valence-corrected chi connectivity index (χ0v) is 9.71. The van der Waals surface area contributed by atoms with Crippen molar-refractivity contribution in [1.82, 2.24) is 4.98 Å². The van der Waals surface area contributed by atoms with E-state index in [0.717, 1.165) is 5.56 Å². The molecule has 2 aromatic rings. The number of hydrogen-bond acceptors (Lipinski definition) is 4. The fourth-order valence-corrected chi connectivity index (χ4v) is 1.72. The van der Waals surface area contributed by atoms with Crippen molar-refractivity contribution in [2.45, 2.75) is 0 Å². The molecule has 0 saturated carbocycles. The monoisotopic (exact) mass is 235 g/mol. The summed E-state index contributed by atoms with van der Waals surface area (Å²) in [5, 5.41) is 18.2. The van der Waals surface area contributed by atoms with Crippen LogP contribution in [0.4, 0.5) is 0 Å². The highest BCUT2D eigenvalue weighted by Crippen LogP contribution is 2.28. The Kier molecular flexibility index (Phi) is 3.22. The Balaban J connectivity index is 2.70. The molecule has 1 heterocycles. The van der Waals surface area contributed by atoms with Gasteiger partial charge in [0, 0.05) is 18.0 Å². The summed E-state index contributed by atoms with van der Waals surface area (Å²) in [5.74, 6) is 0.678. The van der Waals surface area contributed by atoms with Gasteiger partial charge in [0.2, 0.25) is 0 Å². The van der Waals surface area contributed by atoms with Crippen LogP contribution in [0.3, 0.4) is 0 Å². The Hall–Kier alpha value is -2.85. The second kappa shape index (κ2) is 4.99. The van der Waals surface area contributed by atoms with E-state index in [-0.39, 0.29) is 0 Å². The molecule has 18 heavy (non-hydrogen) atoms. The SMILES string of the molecule is COc1cccc(-c2c(C#N)cncc2C#N)c1. The van der Waals surface area contributed by atoms with Crippen molar-refractivity contribution in [2.24, 2.45) is 0 Å². The largest absolute Gasteiger partial charge is 0.497 e. The molecule has 0 aliphatic rings. The molecule has 0 radical (unpaired) electrons. The molecular weight excluding hydrogens is 226 g/mol. The average molecular weight is 235 g/mol. The molecule has 1 aromatic heterocycles. The molecule has 0 aliphatic heterocycles. The maximum Gasteiger partial charge on any atom is 0.119 e. The van der Waals surface area contributed by atoms with Crippen molar-refractivity contribution >= 4 is 0 Å². The summed E-state index contributed by atoms with van der Waals surface area (Å²) in [6.07, 6.45) is 2.91. The van der Waals surface area contributed by atoms with Gasteiger partial charge in [0.25, 0.3) is 0 Å². The number of ether oxygens (including phenoxy) is 1. The molecule has 0 saturated heterocycles. The van der Waals surface area contributed by atoms with Crippen LogP contribution in [0.1, 0.15) is 11.1 Å². The van der Waals surface area contributed by atoms with E-state index in [1.807, 2.05) is 18.2 Å². The van der Waals surface area contributed by atoms with Crippen LogP contribution < -0.4 is 4.74 Å². The lowest BCUT2D eigenvalue weighted by Gasteiger charge is -2.07. The van der Waals surface area contributed by atoms with Gasteiger partial charge in [-0.25, -0.2) is 0 Å². The van der Waals surface area contributed by atoms with Crippen LogP contribution in [0.25, 0.3) is 11.1 Å². The molecule has 0 unspecified atom stereocenters. The van der Waals surface area contributed by atoms with Crippen LogP contribution in [-0.2, 0) is 0 Å². The zero-order valence-electron chi connectivity index (χ0n) is 9.71. The van der Waals surface area contributed by atoms with Gasteiger partial charge in [-0.05, 0) is 17.7 Å². The van der Waals surface area contributed by atoms with E-state index in [0.29, 0.717) is 22.4 Å². The first kappa shape index (κ1) is 11.6. The third kappa shape index (κ3) is 2.00. The summed E-state index contributed by atoms with van der Waals surface area (Å²) in [7, 11) is 1.57. The fourth-order valence-electron chi connectivity index (χ4n) is 1.72. The first-order chi connectivity index (χ1) is 8.80. The Bertz CT molecular complexity index is 633. The van der Waals surface area contributed by atoms with Crippen molar-refractivity contribution in [3.05, 3.63) is 47.8 Å². The smallest absolute Gasteiger partial charge is 0.119 e. The minimum atomic E-state index is 0.377. The van der Waals surface area contributed by atoms with Crippen LogP contribution in [0.2, 0.25) is 0 Å². The summed E-state index contributed by atoms with van der Waals surface area (Å²) in [6, 6.07) is 11.3. The molecule has 86 valence electrons. The van der Waals surface area contributed by atoms with E-state index in [9.17, 15) is 0 Å². The third-order valence-electron chi connectivity index (χ3n) is 2.55. The lowest BCUT2D eigenvalue weighted by Crippen LogP contribution is -1.92. The maximum atomic E-state index is 9.10. The second-order valence-corrected chi connectivity index (χ2v) is 3.57. The van der Waals surface area contributed by atoms with Crippen molar-refractivity contribution in [1.29, 1.82) is 10.5 Å². The molecule has 0 spiro atoms. The Morgan fingerprint density at radius 2 is 1.78 bits per heavy atom. The van der Waals surface area contributed by atoms with E-state index in [1.54, 1.807) is 13.2 Å². The molecule has 4 heteroatoms. The fraction of sp³-hybridized carbons (Fsp3) is 0.0714. The molecule has 0 N–H and O–H groups in total. The summed E-state index contributed by atoms with van der Waals surface area (Å²) in [6.45, 7) is 0. The minimum Gasteiger partial charge on any atom is -0.497 e. The Labute approximate surface area is 105 Å². The lowest BCUT2D eigenvalue weighted by molar-refractivity contribution is 0.415. The molecule has 2 rings (SSSR count). The second-order valence-electron chi connectivity index (χ2n) is 3.57. The van der Waals surface area contributed by atoms with Crippen LogP contribution >= 0.6 is 0 Å². The number of benzene rings is 1. The number of hydrogen-bond donors (Lipinski definition) is 0. The molecule has 0 atom stereocenters. The van der Waals surface area contributed by atoms with Crippen molar-refractivity contribution in [2.75, 3.05) is 7.11 Å². The molecular formula is C14H9N3O. The predicted octanol–water partition coefficient (Wildman–Crippen LogP) is 2.50. The summed E-state index contributed by atoms with van der Waals surface area (Å²) >= 11 is 0.